The van der Waals surface area contributed by atoms with Crippen molar-refractivity contribution in [2.75, 3.05) is 6.54 Å². The van der Waals surface area contributed by atoms with Crippen molar-refractivity contribution in [3.05, 3.63) is 25.3 Å². The highest BCUT2D eigenvalue weighted by Crippen LogP contribution is 2.04. The Morgan fingerprint density at radius 2 is 1.93 bits per heavy atom. The molecular formula is C12H21NO2. The van der Waals surface area contributed by atoms with Crippen molar-refractivity contribution in [3.63, 3.8) is 0 Å². The zero-order chi connectivity index (χ0) is 11.7. The van der Waals surface area contributed by atoms with Crippen LogP contribution in [0.25, 0.3) is 0 Å². The Hall–Kier alpha value is -1.09. The second-order valence-electron chi connectivity index (χ2n) is 3.86. The Morgan fingerprint density at radius 1 is 1.40 bits per heavy atom. The predicted octanol–water partition coefficient (Wildman–Crippen LogP) is 2.21. The zero-order valence-electron chi connectivity index (χ0n) is 9.41. The molecule has 86 valence electrons. The topological polar surface area (TPSA) is 49.3 Å². The first-order chi connectivity index (χ1) is 7.10. The molecule has 0 aliphatic heterocycles. The molecule has 0 aromatic rings. The van der Waals surface area contributed by atoms with E-state index in [9.17, 15) is 4.79 Å². The molecule has 0 radical (unpaired) electrons. The van der Waals surface area contributed by atoms with Crippen LogP contribution >= 0.6 is 0 Å². The molecular weight excluding hydrogens is 190 g/mol. The minimum atomic E-state index is -0.742. The van der Waals surface area contributed by atoms with Crippen molar-refractivity contribution >= 4 is 5.97 Å². The first kappa shape index (κ1) is 13.9. The molecule has 2 N–H and O–H groups in total. The first-order valence-electron chi connectivity index (χ1n) is 5.27. The molecule has 0 fully saturated rings. The van der Waals surface area contributed by atoms with E-state index in [0.717, 1.165) is 19.4 Å². The largest absolute Gasteiger partial charge is 0.481 e. The summed E-state index contributed by atoms with van der Waals surface area (Å²) in [5.41, 5.74) is 0. The molecule has 0 spiro atoms. The fourth-order valence-electron chi connectivity index (χ4n) is 1.40. The van der Waals surface area contributed by atoms with E-state index in [1.165, 1.54) is 0 Å². The summed E-state index contributed by atoms with van der Waals surface area (Å²) >= 11 is 0. The van der Waals surface area contributed by atoms with Crippen molar-refractivity contribution in [2.45, 2.75) is 32.2 Å². The molecule has 0 aliphatic carbocycles. The number of nitrogens with one attached hydrogen (secondary N) is 1. The normalized spacial score (nSPS) is 12.4. The number of aliphatic carboxylic acids is 1. The molecule has 0 aromatic heterocycles. The lowest BCUT2D eigenvalue weighted by molar-refractivity contribution is -0.137. The summed E-state index contributed by atoms with van der Waals surface area (Å²) < 4.78 is 0. The molecule has 0 amide bonds. The van der Waals surface area contributed by atoms with Crippen LogP contribution in [0.5, 0.6) is 0 Å². The third-order valence-electron chi connectivity index (χ3n) is 2.18. The van der Waals surface area contributed by atoms with Gasteiger partial charge in [0.1, 0.15) is 0 Å². The van der Waals surface area contributed by atoms with Gasteiger partial charge in [-0.05, 0) is 25.3 Å². The summed E-state index contributed by atoms with van der Waals surface area (Å²) in [5.74, 6) is -0.590. The summed E-state index contributed by atoms with van der Waals surface area (Å²) in [6.07, 6.45) is 5.70. The quantitative estimate of drug-likeness (QED) is 0.575. The second-order valence-corrected chi connectivity index (χ2v) is 3.86. The average Bonchev–Trinajstić information content (AvgIpc) is 2.14. The minimum absolute atomic E-state index is 0.152. The van der Waals surface area contributed by atoms with Crippen LogP contribution in [0.2, 0.25) is 0 Å². The maximum atomic E-state index is 10.4. The summed E-state index contributed by atoms with van der Waals surface area (Å²) in [4.78, 5) is 10.4. The van der Waals surface area contributed by atoms with Gasteiger partial charge in [-0.3, -0.25) is 4.79 Å². The van der Waals surface area contributed by atoms with Crippen LogP contribution in [-0.4, -0.2) is 23.7 Å². The summed E-state index contributed by atoms with van der Waals surface area (Å²) in [6, 6.07) is 0.330. The molecule has 0 saturated heterocycles. The third kappa shape index (κ3) is 7.94. The molecule has 0 heterocycles. The molecule has 3 nitrogen and oxygen atoms in total. The van der Waals surface area contributed by atoms with Crippen LogP contribution in [0.4, 0.5) is 0 Å². The lowest BCUT2D eigenvalue weighted by Crippen LogP contribution is -2.32. The number of carbonyl (C=O) groups is 1. The van der Waals surface area contributed by atoms with E-state index >= 15 is 0 Å². The van der Waals surface area contributed by atoms with E-state index in [1.54, 1.807) is 0 Å². The van der Waals surface area contributed by atoms with E-state index < -0.39 is 5.97 Å². The monoisotopic (exact) mass is 211 g/mol. The van der Waals surface area contributed by atoms with Crippen LogP contribution in [0.15, 0.2) is 25.3 Å². The van der Waals surface area contributed by atoms with Gasteiger partial charge in [0.2, 0.25) is 0 Å². The predicted molar refractivity (Wildman–Crippen MR) is 62.8 cm³/mol. The fraction of sp³-hybridized carbons (Fsp3) is 0.583. The van der Waals surface area contributed by atoms with Gasteiger partial charge in [0.15, 0.2) is 0 Å². The Bertz CT molecular complexity index is 204. The summed E-state index contributed by atoms with van der Waals surface area (Å²) in [7, 11) is 0. The van der Waals surface area contributed by atoms with Gasteiger partial charge in [-0.15, -0.1) is 13.2 Å². The number of hydrogen-bond acceptors (Lipinski definition) is 2. The van der Waals surface area contributed by atoms with Gasteiger partial charge in [-0.25, -0.2) is 0 Å². The SMILES string of the molecule is C=CCC(CC=C)NCC(C)CC(=O)O. The lowest BCUT2D eigenvalue weighted by atomic mass is 10.1. The van der Waals surface area contributed by atoms with Gasteiger partial charge in [-0.1, -0.05) is 19.1 Å². The van der Waals surface area contributed by atoms with Gasteiger partial charge in [0, 0.05) is 12.5 Å². The van der Waals surface area contributed by atoms with Crippen LogP contribution in [-0.2, 0) is 4.79 Å². The molecule has 0 rings (SSSR count). The van der Waals surface area contributed by atoms with E-state index in [4.69, 9.17) is 5.11 Å². The third-order valence-corrected chi connectivity index (χ3v) is 2.18. The minimum Gasteiger partial charge on any atom is -0.481 e. The van der Waals surface area contributed by atoms with E-state index in [0.29, 0.717) is 6.04 Å². The van der Waals surface area contributed by atoms with Crippen molar-refractivity contribution in [1.29, 1.82) is 0 Å². The highest BCUT2D eigenvalue weighted by Gasteiger charge is 2.10. The molecule has 0 bridgehead atoms. The molecule has 15 heavy (non-hydrogen) atoms. The Labute approximate surface area is 91.9 Å². The highest BCUT2D eigenvalue weighted by atomic mass is 16.4. The highest BCUT2D eigenvalue weighted by molar-refractivity contribution is 5.66. The van der Waals surface area contributed by atoms with Crippen LogP contribution in [0, 0.1) is 5.92 Å². The summed E-state index contributed by atoms with van der Waals surface area (Å²) in [6.45, 7) is 10.0. The number of rotatable bonds is 9. The van der Waals surface area contributed by atoms with Gasteiger partial charge in [-0.2, -0.15) is 0 Å². The fourth-order valence-corrected chi connectivity index (χ4v) is 1.40. The summed E-state index contributed by atoms with van der Waals surface area (Å²) in [5, 5.41) is 11.9. The Kier molecular flexibility index (Phi) is 7.64. The van der Waals surface area contributed by atoms with Gasteiger partial charge >= 0.3 is 5.97 Å². The first-order valence-corrected chi connectivity index (χ1v) is 5.27. The molecule has 3 heteroatoms. The second kappa shape index (κ2) is 8.24. The van der Waals surface area contributed by atoms with E-state index in [-0.39, 0.29) is 12.3 Å². The Morgan fingerprint density at radius 3 is 2.33 bits per heavy atom. The van der Waals surface area contributed by atoms with E-state index in [1.807, 2.05) is 19.1 Å². The molecule has 0 saturated carbocycles. The maximum Gasteiger partial charge on any atom is 0.303 e. The number of carboxylic acid groups (broad SMARTS) is 1. The van der Waals surface area contributed by atoms with Gasteiger partial charge in [0.25, 0.3) is 0 Å². The van der Waals surface area contributed by atoms with Crippen LogP contribution < -0.4 is 5.32 Å². The zero-order valence-corrected chi connectivity index (χ0v) is 9.41. The van der Waals surface area contributed by atoms with Crippen molar-refractivity contribution in [2.24, 2.45) is 5.92 Å². The number of carboxylic acids is 1. The van der Waals surface area contributed by atoms with Crippen molar-refractivity contribution in [1.82, 2.24) is 5.32 Å². The molecule has 1 unspecified atom stereocenters. The maximum absolute atomic E-state index is 10.4. The van der Waals surface area contributed by atoms with E-state index in [2.05, 4.69) is 18.5 Å². The van der Waals surface area contributed by atoms with Gasteiger partial charge in [0.05, 0.1) is 0 Å². The standard InChI is InChI=1S/C12H21NO2/c1-4-6-11(7-5-2)13-9-10(3)8-12(14)15/h4-5,10-11,13H,1-2,6-9H2,3H3,(H,14,15). The smallest absolute Gasteiger partial charge is 0.303 e. The average molecular weight is 211 g/mol. The number of hydrogen-bond donors (Lipinski definition) is 2. The molecule has 0 aromatic carbocycles. The van der Waals surface area contributed by atoms with Crippen LogP contribution in [0.3, 0.4) is 0 Å². The van der Waals surface area contributed by atoms with Gasteiger partial charge < -0.3 is 10.4 Å². The Balaban J connectivity index is 3.81. The van der Waals surface area contributed by atoms with Crippen LogP contribution in [0.1, 0.15) is 26.2 Å². The molecule has 1 atom stereocenters. The molecule has 0 aliphatic rings. The lowest BCUT2D eigenvalue weighted by Gasteiger charge is -2.17. The van der Waals surface area contributed by atoms with Crippen molar-refractivity contribution in [3.8, 4) is 0 Å². The van der Waals surface area contributed by atoms with Crippen molar-refractivity contribution < 1.29 is 9.90 Å².